The first-order chi connectivity index (χ1) is 14.9. The standard InChI is InChI=1S/C21H22N4O5S/c1-15-22-19-5-3-2-4-18(19)21(23-15)30-14-20(26)24-16-6-8-17(9-7-16)31(27,28)25-10-12-29-13-11-25/h2-9H,10-14H2,1H3,(H,24,26). The monoisotopic (exact) mass is 442 g/mol. The number of benzene rings is 2. The van der Waals surface area contributed by atoms with Gasteiger partial charge in [0.25, 0.3) is 5.91 Å². The van der Waals surface area contributed by atoms with Gasteiger partial charge in [-0.25, -0.2) is 13.4 Å². The lowest BCUT2D eigenvalue weighted by atomic mass is 10.2. The number of amides is 1. The molecule has 1 amide bonds. The molecule has 2 aromatic carbocycles. The van der Waals surface area contributed by atoms with Gasteiger partial charge in [-0.05, 0) is 43.3 Å². The summed E-state index contributed by atoms with van der Waals surface area (Å²) in [6.45, 7) is 2.94. The van der Waals surface area contributed by atoms with E-state index in [2.05, 4.69) is 15.3 Å². The van der Waals surface area contributed by atoms with Crippen LogP contribution in [-0.4, -0.2) is 61.5 Å². The van der Waals surface area contributed by atoms with Crippen molar-refractivity contribution in [2.75, 3.05) is 38.2 Å². The molecule has 9 nitrogen and oxygen atoms in total. The smallest absolute Gasteiger partial charge is 0.262 e. The summed E-state index contributed by atoms with van der Waals surface area (Å²) in [5.74, 6) is 0.500. The highest BCUT2D eigenvalue weighted by molar-refractivity contribution is 7.89. The molecule has 31 heavy (non-hydrogen) atoms. The molecular weight excluding hydrogens is 420 g/mol. The van der Waals surface area contributed by atoms with Gasteiger partial charge in [0, 0.05) is 18.8 Å². The van der Waals surface area contributed by atoms with E-state index in [9.17, 15) is 13.2 Å². The number of fused-ring (bicyclic) bond motifs is 1. The number of ether oxygens (including phenoxy) is 2. The zero-order chi connectivity index (χ0) is 21.8. The van der Waals surface area contributed by atoms with Crippen LogP contribution in [0.3, 0.4) is 0 Å². The molecule has 0 saturated carbocycles. The minimum Gasteiger partial charge on any atom is -0.467 e. The first-order valence-corrected chi connectivity index (χ1v) is 11.2. The van der Waals surface area contributed by atoms with Crippen molar-refractivity contribution in [3.05, 3.63) is 54.4 Å². The third kappa shape index (κ3) is 4.82. The molecule has 0 radical (unpaired) electrons. The number of carbonyl (C=O) groups excluding carboxylic acids is 1. The molecule has 1 aliphatic heterocycles. The van der Waals surface area contributed by atoms with Crippen molar-refractivity contribution in [1.82, 2.24) is 14.3 Å². The number of hydrogen-bond donors (Lipinski definition) is 1. The molecule has 10 heteroatoms. The highest BCUT2D eigenvalue weighted by Gasteiger charge is 2.26. The van der Waals surface area contributed by atoms with Gasteiger partial charge < -0.3 is 14.8 Å². The van der Waals surface area contributed by atoms with Crippen LogP contribution in [0.4, 0.5) is 5.69 Å². The number of anilines is 1. The van der Waals surface area contributed by atoms with Crippen LogP contribution in [0.2, 0.25) is 0 Å². The molecule has 0 atom stereocenters. The summed E-state index contributed by atoms with van der Waals surface area (Å²) in [5, 5.41) is 3.42. The Hall–Kier alpha value is -3.08. The number of rotatable bonds is 6. The number of para-hydroxylation sites is 1. The van der Waals surface area contributed by atoms with Crippen molar-refractivity contribution in [3.63, 3.8) is 0 Å². The van der Waals surface area contributed by atoms with E-state index in [0.29, 0.717) is 43.7 Å². The third-order valence-corrected chi connectivity index (χ3v) is 6.68. The number of nitrogens with zero attached hydrogens (tertiary/aromatic N) is 3. The van der Waals surface area contributed by atoms with E-state index in [1.54, 1.807) is 19.1 Å². The summed E-state index contributed by atoms with van der Waals surface area (Å²) < 4.78 is 37.5. The van der Waals surface area contributed by atoms with E-state index in [4.69, 9.17) is 9.47 Å². The van der Waals surface area contributed by atoms with Gasteiger partial charge in [0.2, 0.25) is 15.9 Å². The van der Waals surface area contributed by atoms with Crippen molar-refractivity contribution in [2.45, 2.75) is 11.8 Å². The summed E-state index contributed by atoms with van der Waals surface area (Å²) in [4.78, 5) is 21.1. The fourth-order valence-electron chi connectivity index (χ4n) is 3.25. The minimum atomic E-state index is -3.58. The number of morpholine rings is 1. The molecular formula is C21H22N4O5S. The van der Waals surface area contributed by atoms with Crippen LogP contribution < -0.4 is 10.1 Å². The van der Waals surface area contributed by atoms with Gasteiger partial charge >= 0.3 is 0 Å². The molecule has 162 valence electrons. The van der Waals surface area contributed by atoms with E-state index < -0.39 is 10.0 Å². The summed E-state index contributed by atoms with van der Waals surface area (Å²) >= 11 is 0. The topological polar surface area (TPSA) is 111 Å². The lowest BCUT2D eigenvalue weighted by Gasteiger charge is -2.26. The lowest BCUT2D eigenvalue weighted by molar-refractivity contribution is -0.118. The Balaban J connectivity index is 1.39. The summed E-state index contributed by atoms with van der Waals surface area (Å²) in [6, 6.07) is 13.4. The molecule has 1 saturated heterocycles. The first-order valence-electron chi connectivity index (χ1n) is 9.77. The first kappa shape index (κ1) is 21.2. The van der Waals surface area contributed by atoms with Crippen LogP contribution in [0.1, 0.15) is 5.82 Å². The van der Waals surface area contributed by atoms with Crippen molar-refractivity contribution < 1.29 is 22.7 Å². The molecule has 0 unspecified atom stereocenters. The second-order valence-corrected chi connectivity index (χ2v) is 8.91. The second kappa shape index (κ2) is 8.96. The Bertz CT molecular complexity index is 1190. The number of sulfonamides is 1. The molecule has 1 fully saturated rings. The molecule has 1 aromatic heterocycles. The highest BCUT2D eigenvalue weighted by Crippen LogP contribution is 2.22. The molecule has 2 heterocycles. The van der Waals surface area contributed by atoms with Gasteiger partial charge in [-0.3, -0.25) is 4.79 Å². The van der Waals surface area contributed by atoms with Crippen LogP contribution in [0, 0.1) is 6.92 Å². The van der Waals surface area contributed by atoms with Crippen molar-refractivity contribution in [2.24, 2.45) is 0 Å². The van der Waals surface area contributed by atoms with E-state index in [1.807, 2.05) is 24.3 Å². The second-order valence-electron chi connectivity index (χ2n) is 6.97. The van der Waals surface area contributed by atoms with Gasteiger partial charge in [-0.1, -0.05) is 12.1 Å². The fraction of sp³-hybridized carbons (Fsp3) is 0.286. The average molecular weight is 442 g/mol. The highest BCUT2D eigenvalue weighted by atomic mass is 32.2. The maximum Gasteiger partial charge on any atom is 0.262 e. The molecule has 4 rings (SSSR count). The Kier molecular flexibility index (Phi) is 6.12. The van der Waals surface area contributed by atoms with E-state index in [-0.39, 0.29) is 17.4 Å². The van der Waals surface area contributed by atoms with Gasteiger partial charge in [-0.15, -0.1) is 0 Å². The van der Waals surface area contributed by atoms with Crippen LogP contribution in [0.5, 0.6) is 5.88 Å². The van der Waals surface area contributed by atoms with Gasteiger partial charge in [0.15, 0.2) is 6.61 Å². The van der Waals surface area contributed by atoms with Crippen molar-refractivity contribution >= 4 is 32.5 Å². The number of hydrogen-bond acceptors (Lipinski definition) is 7. The zero-order valence-corrected chi connectivity index (χ0v) is 17.8. The Morgan fingerprint density at radius 3 is 2.55 bits per heavy atom. The zero-order valence-electron chi connectivity index (χ0n) is 16.9. The maximum absolute atomic E-state index is 12.7. The molecule has 0 aliphatic carbocycles. The van der Waals surface area contributed by atoms with Gasteiger partial charge in [0.1, 0.15) is 5.82 Å². The summed E-state index contributed by atoms with van der Waals surface area (Å²) in [6.07, 6.45) is 0. The van der Waals surface area contributed by atoms with Crippen molar-refractivity contribution in [1.29, 1.82) is 0 Å². The Morgan fingerprint density at radius 2 is 1.81 bits per heavy atom. The van der Waals surface area contributed by atoms with Crippen LogP contribution in [0.15, 0.2) is 53.4 Å². The number of aromatic nitrogens is 2. The van der Waals surface area contributed by atoms with Gasteiger partial charge in [0.05, 0.1) is 29.0 Å². The predicted molar refractivity (Wildman–Crippen MR) is 114 cm³/mol. The third-order valence-electron chi connectivity index (χ3n) is 4.77. The normalized spacial score (nSPS) is 15.0. The van der Waals surface area contributed by atoms with E-state index in [1.165, 1.54) is 16.4 Å². The summed E-state index contributed by atoms with van der Waals surface area (Å²) in [7, 11) is -3.58. The molecule has 1 N–H and O–H groups in total. The quantitative estimate of drug-likeness (QED) is 0.621. The average Bonchev–Trinajstić information content (AvgIpc) is 2.78. The Morgan fingerprint density at radius 1 is 1.10 bits per heavy atom. The van der Waals surface area contributed by atoms with E-state index >= 15 is 0 Å². The largest absolute Gasteiger partial charge is 0.467 e. The van der Waals surface area contributed by atoms with Crippen LogP contribution in [0.25, 0.3) is 10.9 Å². The molecule has 1 aliphatic rings. The number of aryl methyl sites for hydroxylation is 1. The van der Waals surface area contributed by atoms with Crippen LogP contribution >= 0.6 is 0 Å². The number of nitrogens with one attached hydrogen (secondary N) is 1. The lowest BCUT2D eigenvalue weighted by Crippen LogP contribution is -2.40. The van der Waals surface area contributed by atoms with E-state index in [0.717, 1.165) is 10.9 Å². The number of carbonyl (C=O) groups is 1. The molecule has 0 spiro atoms. The van der Waals surface area contributed by atoms with Crippen molar-refractivity contribution in [3.8, 4) is 5.88 Å². The molecule has 3 aromatic rings. The van der Waals surface area contributed by atoms with Gasteiger partial charge in [-0.2, -0.15) is 9.29 Å². The van der Waals surface area contributed by atoms with Crippen LogP contribution in [-0.2, 0) is 19.6 Å². The fourth-order valence-corrected chi connectivity index (χ4v) is 4.65. The SMILES string of the molecule is Cc1nc(OCC(=O)Nc2ccc(S(=O)(=O)N3CCOCC3)cc2)c2ccccc2n1. The maximum atomic E-state index is 12.7. The molecule has 0 bridgehead atoms. The summed E-state index contributed by atoms with van der Waals surface area (Å²) in [5.41, 5.74) is 1.21. The predicted octanol–water partition coefficient (Wildman–Crippen LogP) is 1.98. The Labute approximate surface area is 180 Å². The minimum absolute atomic E-state index is 0.173.